The molecule has 1 atom stereocenters. The van der Waals surface area contributed by atoms with E-state index in [1.807, 2.05) is 44.2 Å². The summed E-state index contributed by atoms with van der Waals surface area (Å²) in [7, 11) is 0.644. The van der Waals surface area contributed by atoms with Crippen molar-refractivity contribution in [2.24, 2.45) is 7.05 Å². The summed E-state index contributed by atoms with van der Waals surface area (Å²) in [4.78, 5) is 80.4. The molecule has 8 aromatic rings. The predicted molar refractivity (Wildman–Crippen MR) is 307 cm³/mol. The monoisotopic (exact) mass is 1190 g/mol. The zero-order valence-electron chi connectivity index (χ0n) is 46.2. The number of phenols is 2. The predicted octanol–water partition coefficient (Wildman–Crippen LogP) is 5.20. The molecule has 1 aliphatic carbocycles. The summed E-state index contributed by atoms with van der Waals surface area (Å²) in [5, 5.41) is 56.7. The van der Waals surface area contributed by atoms with Gasteiger partial charge in [-0.15, -0.1) is 0 Å². The van der Waals surface area contributed by atoms with Crippen LogP contribution < -0.4 is 44.1 Å². The van der Waals surface area contributed by atoms with E-state index in [2.05, 4.69) is 0 Å². The summed E-state index contributed by atoms with van der Waals surface area (Å²) >= 11 is 0. The van der Waals surface area contributed by atoms with Crippen molar-refractivity contribution in [3.63, 3.8) is 0 Å². The normalized spacial score (nSPS) is 11.5. The van der Waals surface area contributed by atoms with E-state index in [4.69, 9.17) is 24.8 Å². The first kappa shape index (κ1) is 69.7. The molecule has 0 fully saturated rings. The van der Waals surface area contributed by atoms with Crippen molar-refractivity contribution in [3.05, 3.63) is 249 Å². The Morgan fingerprint density at radius 3 is 1.52 bits per heavy atom. The number of phenolic OH excluding ortho intramolecular Hbond substituents is 2. The number of aryl methyl sites for hydroxylation is 1. The van der Waals surface area contributed by atoms with Crippen molar-refractivity contribution >= 4 is 69.6 Å². The molecule has 1 aromatic heterocycles. The van der Waals surface area contributed by atoms with Crippen molar-refractivity contribution in [2.45, 2.75) is 31.6 Å². The Balaban J connectivity index is 0.000000296. The van der Waals surface area contributed by atoms with Crippen LogP contribution in [0.2, 0.25) is 0 Å². The Kier molecular flexibility index (Phi) is 26.5. The molecule has 9 rings (SSSR count). The van der Waals surface area contributed by atoms with E-state index >= 15 is 0 Å². The molecule has 0 saturated carbocycles. The van der Waals surface area contributed by atoms with Crippen molar-refractivity contribution < 1.29 is 123 Å². The average Bonchev–Trinajstić information content (AvgIpc) is 4.17. The maximum Gasteiger partial charge on any atom is 1.00 e. The zero-order chi connectivity index (χ0) is 59.8. The number of allylic oxidation sites excluding steroid dienone is 2. The fourth-order valence-electron chi connectivity index (χ4n) is 8.08. The van der Waals surface area contributed by atoms with Gasteiger partial charge in [0, 0.05) is 52.6 Å². The number of ketones is 1. The summed E-state index contributed by atoms with van der Waals surface area (Å²) in [6, 6.07) is 45.7. The minimum Gasteiger partial charge on any atom is -0.550 e. The van der Waals surface area contributed by atoms with Gasteiger partial charge in [-0.25, -0.2) is 23.6 Å². The molecular formula is C63H55FNNaO18S. The molecule has 434 valence electrons. The number of carbonyl (C=O) groups is 7. The number of aromatic nitrogens is 1. The van der Waals surface area contributed by atoms with Crippen LogP contribution >= 0.6 is 0 Å². The van der Waals surface area contributed by atoms with Crippen LogP contribution in [0.5, 0.6) is 23.0 Å². The summed E-state index contributed by atoms with van der Waals surface area (Å²) in [6.07, 6.45) is 3.23. The maximum atomic E-state index is 13.7. The van der Waals surface area contributed by atoms with E-state index in [0.717, 1.165) is 32.7 Å². The van der Waals surface area contributed by atoms with Crippen LogP contribution in [0.4, 0.5) is 4.39 Å². The van der Waals surface area contributed by atoms with Crippen LogP contribution in [0.3, 0.4) is 0 Å². The second kappa shape index (κ2) is 32.3. The molecule has 0 saturated heterocycles. The third kappa shape index (κ3) is 18.7. The van der Waals surface area contributed by atoms with Gasteiger partial charge in [-0.2, -0.15) is 0 Å². The van der Waals surface area contributed by atoms with Gasteiger partial charge in [0.15, 0.2) is 0 Å². The number of rotatable bonds is 14. The molecule has 22 heteroatoms. The van der Waals surface area contributed by atoms with E-state index in [1.165, 1.54) is 72.8 Å². The van der Waals surface area contributed by atoms with Crippen molar-refractivity contribution in [1.29, 1.82) is 0 Å². The number of carboxylic acids is 4. The van der Waals surface area contributed by atoms with Gasteiger partial charge >= 0.3 is 59.4 Å². The summed E-state index contributed by atoms with van der Waals surface area (Å²) in [6.45, 7) is 3.81. The second-order valence-corrected chi connectivity index (χ2v) is 19.3. The number of aliphatic carboxylic acids is 2. The van der Waals surface area contributed by atoms with Gasteiger partial charge in [-0.3, -0.25) is 13.8 Å². The first-order valence-electron chi connectivity index (χ1n) is 24.5. The van der Waals surface area contributed by atoms with Gasteiger partial charge in [0.2, 0.25) is 5.78 Å². The fraction of sp³-hybridized carbons (Fsp3) is 0.0952. The third-order valence-corrected chi connectivity index (χ3v) is 13.2. The van der Waals surface area contributed by atoms with E-state index in [0.29, 0.717) is 28.1 Å². The van der Waals surface area contributed by atoms with Crippen LogP contribution in [0.1, 0.15) is 98.8 Å². The van der Waals surface area contributed by atoms with Gasteiger partial charge in [-0.05, 0) is 138 Å². The number of nitrogens with zero attached hydrogens (tertiary/aromatic N) is 1. The van der Waals surface area contributed by atoms with E-state index in [1.54, 1.807) is 96.7 Å². The number of ether oxygens (including phenoxy) is 2. The van der Waals surface area contributed by atoms with Crippen molar-refractivity contribution in [2.75, 3.05) is 6.26 Å². The Morgan fingerprint density at radius 2 is 1.07 bits per heavy atom. The first-order valence-corrected chi connectivity index (χ1v) is 26.1. The van der Waals surface area contributed by atoms with Gasteiger partial charge in [0.1, 0.15) is 51.1 Å². The SMILES string of the molecule is CC1=C(CC(=O)O)c2cc(F)ccc2/C1=C\c1ccc(S(C)=O)cc1.Cc1ccc(C(=O)c2ccc(CC(=O)[O-])n2C)cc1.O.O.O=C(Oc1ccccc1C(=O)O)c1ccccc1O.O=C(Oc1ccccc1C(=O)O)c1ccccc1O.[Na+]. The number of hydrogen-bond donors (Lipinski definition) is 5. The number of para-hydroxylation sites is 4. The number of halogens is 1. The van der Waals surface area contributed by atoms with Crippen LogP contribution in [-0.2, 0) is 33.9 Å². The van der Waals surface area contributed by atoms with E-state index in [9.17, 15) is 57.5 Å². The third-order valence-electron chi connectivity index (χ3n) is 12.3. The van der Waals surface area contributed by atoms with Crippen LogP contribution in [0, 0.1) is 12.7 Å². The Morgan fingerprint density at radius 1 is 0.600 bits per heavy atom. The average molecular weight is 1190 g/mol. The minimum absolute atomic E-state index is 0. The second-order valence-electron chi connectivity index (χ2n) is 17.9. The molecule has 0 radical (unpaired) electrons. The molecule has 1 unspecified atom stereocenters. The van der Waals surface area contributed by atoms with Crippen LogP contribution in [0.25, 0.3) is 17.2 Å². The number of fused-ring (bicyclic) bond motifs is 1. The summed E-state index contributed by atoms with van der Waals surface area (Å²) in [5.41, 5.74) is 7.15. The minimum atomic E-state index is -1.19. The van der Waals surface area contributed by atoms with Gasteiger partial charge < -0.3 is 60.4 Å². The number of benzene rings is 7. The van der Waals surface area contributed by atoms with Crippen LogP contribution in [0.15, 0.2) is 186 Å². The van der Waals surface area contributed by atoms with Crippen LogP contribution in [-0.4, -0.2) is 93.1 Å². The number of esters is 2. The zero-order valence-corrected chi connectivity index (χ0v) is 49.0. The summed E-state index contributed by atoms with van der Waals surface area (Å²) in [5.74, 6) is -7.19. The largest absolute Gasteiger partial charge is 1.00 e. The van der Waals surface area contributed by atoms with E-state index in [-0.39, 0.29) is 110 Å². The number of carbonyl (C=O) groups excluding carboxylic acids is 4. The number of aromatic hydroxyl groups is 2. The Labute approximate surface area is 510 Å². The smallest absolute Gasteiger partial charge is 0.550 e. The number of hydrogen-bond acceptors (Lipinski definition) is 13. The van der Waals surface area contributed by atoms with Gasteiger partial charge in [-0.1, -0.05) is 96.6 Å². The number of aromatic carboxylic acids is 2. The molecule has 0 amide bonds. The van der Waals surface area contributed by atoms with Gasteiger partial charge in [0.05, 0.1) is 12.1 Å². The quantitative estimate of drug-likeness (QED) is 0.0404. The molecule has 19 nitrogen and oxygen atoms in total. The molecule has 1 heterocycles. The number of carboxylic acid groups (broad SMARTS) is 4. The molecule has 1 aliphatic rings. The maximum absolute atomic E-state index is 13.7. The standard InChI is InChI=1S/C20H17FO3S.C15H15NO3.2C14H10O5.Na.2H2O/c1-12-17(9-13-3-6-15(7-4-13)25(2)24)16-8-5-14(21)10-19(16)18(12)11-20(22)23;1-10-3-5-11(6-4-10)15(19)13-8-7-12(16(13)2)9-14(17)18;2*15-11-7-3-1-5-9(11)14(18)19-12-8-4-2-6-10(12)13(16)17;;;/h3-10H,11H2,1-2H3,(H,22,23);3-8H,9H2,1-2H3,(H,17,18);2*1-8,15H,(H,16,17);;2*1H2/q;;;;+1;;/p-1/b17-9-;;;;;;. The van der Waals surface area contributed by atoms with Crippen molar-refractivity contribution in [3.8, 4) is 23.0 Å². The molecule has 0 aliphatic heterocycles. The summed E-state index contributed by atoms with van der Waals surface area (Å²) < 4.78 is 36.7. The van der Waals surface area contributed by atoms with Gasteiger partial charge in [0.25, 0.3) is 0 Å². The Bertz CT molecular complexity index is 3720. The molecule has 7 aromatic carbocycles. The molecular weight excluding hydrogens is 1130 g/mol. The molecule has 85 heavy (non-hydrogen) atoms. The molecule has 9 N–H and O–H groups in total. The topological polar surface area (TPSA) is 347 Å². The fourth-order valence-corrected chi connectivity index (χ4v) is 8.60. The Hall–Kier alpha value is -9.61. The molecule has 0 spiro atoms. The van der Waals surface area contributed by atoms with E-state index < -0.39 is 46.6 Å². The molecule has 0 bridgehead atoms. The van der Waals surface area contributed by atoms with Crippen molar-refractivity contribution in [1.82, 2.24) is 4.57 Å². The first-order chi connectivity index (χ1) is 39.0.